The van der Waals surface area contributed by atoms with Gasteiger partial charge in [0.1, 0.15) is 11.3 Å². The fraction of sp³-hybridized carbons (Fsp3) is 0.625. The number of ether oxygens (including phenoxy) is 1. The van der Waals surface area contributed by atoms with Crippen LogP contribution in [0, 0.1) is 0 Å². The molecule has 0 fully saturated rings. The number of hydrogen-bond acceptors (Lipinski definition) is 4. The van der Waals surface area contributed by atoms with Crippen LogP contribution in [0.3, 0.4) is 0 Å². The molecule has 0 saturated heterocycles. The molecule has 1 heterocycles. The summed E-state index contributed by atoms with van der Waals surface area (Å²) in [6.45, 7) is 6.12. The molecule has 1 aliphatic rings. The second kappa shape index (κ2) is 3.05. The van der Waals surface area contributed by atoms with Gasteiger partial charge in [0.05, 0.1) is 6.67 Å². The monoisotopic (exact) mass is 170 g/mol. The highest BCUT2D eigenvalue weighted by atomic mass is 16.6. The van der Waals surface area contributed by atoms with Crippen LogP contribution in [0.1, 0.15) is 20.8 Å². The molecule has 2 N–H and O–H groups in total. The van der Waals surface area contributed by atoms with E-state index in [0.29, 0.717) is 12.4 Å². The fourth-order valence-corrected chi connectivity index (χ4v) is 0.815. The van der Waals surface area contributed by atoms with E-state index >= 15 is 0 Å². The fourth-order valence-electron chi connectivity index (χ4n) is 0.815. The van der Waals surface area contributed by atoms with Gasteiger partial charge in [-0.1, -0.05) is 0 Å². The number of rotatable bonds is 1. The Hall–Kier alpha value is -1.19. The number of hydrogen-bond donors (Lipinski definition) is 2. The first-order valence-electron chi connectivity index (χ1n) is 3.90. The number of esters is 1. The van der Waals surface area contributed by atoms with Gasteiger partial charge in [0.2, 0.25) is 0 Å². The summed E-state index contributed by atoms with van der Waals surface area (Å²) in [5.74, 6) is -0.312. The molecule has 0 aromatic carbocycles. The quantitative estimate of drug-likeness (QED) is 0.556. The van der Waals surface area contributed by atoms with E-state index in [2.05, 4.69) is 10.6 Å². The molecule has 4 nitrogen and oxygen atoms in total. The van der Waals surface area contributed by atoms with Crippen LogP contribution in [0.4, 0.5) is 0 Å². The lowest BCUT2D eigenvalue weighted by molar-refractivity contribution is -0.150. The second-order valence-electron chi connectivity index (χ2n) is 3.62. The minimum absolute atomic E-state index is 0.312. The van der Waals surface area contributed by atoms with Crippen molar-refractivity contribution in [3.05, 3.63) is 11.9 Å². The maximum absolute atomic E-state index is 11.3. The molecular weight excluding hydrogens is 156 g/mol. The zero-order chi connectivity index (χ0) is 9.19. The van der Waals surface area contributed by atoms with Crippen LogP contribution in [0.2, 0.25) is 0 Å². The van der Waals surface area contributed by atoms with E-state index in [1.807, 2.05) is 20.8 Å². The summed E-state index contributed by atoms with van der Waals surface area (Å²) >= 11 is 0. The van der Waals surface area contributed by atoms with Crippen LogP contribution in [0.25, 0.3) is 0 Å². The summed E-state index contributed by atoms with van der Waals surface area (Å²) in [5.41, 5.74) is 0.0623. The largest absolute Gasteiger partial charge is 0.455 e. The lowest BCUT2D eigenvalue weighted by atomic mass is 10.2. The predicted molar refractivity (Wildman–Crippen MR) is 45.1 cm³/mol. The Morgan fingerprint density at radius 3 is 2.67 bits per heavy atom. The number of carbonyl (C=O) groups excluding carboxylic acids is 1. The van der Waals surface area contributed by atoms with E-state index in [-0.39, 0.29) is 5.97 Å². The summed E-state index contributed by atoms with van der Waals surface area (Å²) in [4.78, 5) is 11.3. The average Bonchev–Trinajstić information content (AvgIpc) is 2.32. The highest BCUT2D eigenvalue weighted by molar-refractivity contribution is 5.88. The normalized spacial score (nSPS) is 16.1. The molecule has 0 radical (unpaired) electrons. The molecule has 12 heavy (non-hydrogen) atoms. The van der Waals surface area contributed by atoms with E-state index in [9.17, 15) is 4.79 Å². The third kappa shape index (κ3) is 2.45. The highest BCUT2D eigenvalue weighted by Crippen LogP contribution is 2.09. The first-order valence-corrected chi connectivity index (χ1v) is 3.90. The minimum atomic E-state index is -0.428. The maximum atomic E-state index is 11.3. The van der Waals surface area contributed by atoms with Crippen molar-refractivity contribution in [2.45, 2.75) is 26.4 Å². The Morgan fingerprint density at radius 2 is 2.25 bits per heavy atom. The van der Waals surface area contributed by atoms with Crippen molar-refractivity contribution >= 4 is 5.97 Å². The number of nitrogens with one attached hydrogen (secondary N) is 2. The molecule has 0 bridgehead atoms. The van der Waals surface area contributed by atoms with Gasteiger partial charge in [-0.3, -0.25) is 0 Å². The molecule has 0 saturated carbocycles. The van der Waals surface area contributed by atoms with E-state index in [4.69, 9.17) is 4.74 Å². The molecule has 0 aliphatic carbocycles. The average molecular weight is 170 g/mol. The van der Waals surface area contributed by atoms with Crippen molar-refractivity contribution in [3.8, 4) is 0 Å². The lowest BCUT2D eigenvalue weighted by Gasteiger charge is -2.19. The molecule has 68 valence electrons. The highest BCUT2D eigenvalue weighted by Gasteiger charge is 2.20. The van der Waals surface area contributed by atoms with E-state index in [1.165, 1.54) is 0 Å². The zero-order valence-electron chi connectivity index (χ0n) is 7.60. The van der Waals surface area contributed by atoms with Crippen molar-refractivity contribution in [1.29, 1.82) is 0 Å². The van der Waals surface area contributed by atoms with Gasteiger partial charge in [-0.25, -0.2) is 4.79 Å². The summed E-state index contributed by atoms with van der Waals surface area (Å²) < 4.78 is 5.11. The summed E-state index contributed by atoms with van der Waals surface area (Å²) in [6.07, 6.45) is 1.62. The van der Waals surface area contributed by atoms with Crippen LogP contribution < -0.4 is 10.6 Å². The molecular formula is C8H14N2O2. The Balaban J connectivity index is 2.49. The topological polar surface area (TPSA) is 50.4 Å². The Bertz CT molecular complexity index is 216. The van der Waals surface area contributed by atoms with Crippen LogP contribution in [0.5, 0.6) is 0 Å². The Kier molecular flexibility index (Phi) is 2.26. The SMILES string of the molecule is CC(C)(C)OC(=O)C1=CNCN1. The lowest BCUT2D eigenvalue weighted by Crippen LogP contribution is -2.28. The van der Waals surface area contributed by atoms with Crippen molar-refractivity contribution in [2.75, 3.05) is 6.67 Å². The van der Waals surface area contributed by atoms with Crippen LogP contribution in [0.15, 0.2) is 11.9 Å². The standard InChI is InChI=1S/C8H14N2O2/c1-8(2,3)12-7(11)6-4-9-5-10-6/h4,9-10H,5H2,1-3H3. The summed E-state index contributed by atoms with van der Waals surface area (Å²) in [6, 6.07) is 0. The maximum Gasteiger partial charge on any atom is 0.356 e. The van der Waals surface area contributed by atoms with Crippen molar-refractivity contribution < 1.29 is 9.53 Å². The smallest absolute Gasteiger partial charge is 0.356 e. The van der Waals surface area contributed by atoms with Crippen molar-refractivity contribution in [1.82, 2.24) is 10.6 Å². The molecule has 1 rings (SSSR count). The van der Waals surface area contributed by atoms with Gasteiger partial charge < -0.3 is 15.4 Å². The molecule has 0 amide bonds. The molecule has 0 atom stereocenters. The zero-order valence-corrected chi connectivity index (χ0v) is 7.60. The van der Waals surface area contributed by atoms with Gasteiger partial charge in [0.15, 0.2) is 0 Å². The van der Waals surface area contributed by atoms with Crippen LogP contribution in [-0.2, 0) is 9.53 Å². The van der Waals surface area contributed by atoms with Crippen molar-refractivity contribution in [2.24, 2.45) is 0 Å². The van der Waals surface area contributed by atoms with E-state index < -0.39 is 5.60 Å². The summed E-state index contributed by atoms with van der Waals surface area (Å²) in [5, 5.41) is 5.72. The Labute approximate surface area is 72.0 Å². The third-order valence-electron chi connectivity index (χ3n) is 1.25. The molecule has 0 aromatic heterocycles. The second-order valence-corrected chi connectivity index (χ2v) is 3.62. The summed E-state index contributed by atoms with van der Waals surface area (Å²) in [7, 11) is 0. The van der Waals surface area contributed by atoms with Crippen LogP contribution >= 0.6 is 0 Å². The molecule has 4 heteroatoms. The van der Waals surface area contributed by atoms with Gasteiger partial charge in [-0.05, 0) is 20.8 Å². The molecule has 1 aliphatic heterocycles. The van der Waals surface area contributed by atoms with E-state index in [0.717, 1.165) is 0 Å². The predicted octanol–water partition coefficient (Wildman–Crippen LogP) is 0.320. The van der Waals surface area contributed by atoms with Crippen molar-refractivity contribution in [3.63, 3.8) is 0 Å². The van der Waals surface area contributed by atoms with Gasteiger partial charge in [-0.2, -0.15) is 0 Å². The molecule has 0 unspecified atom stereocenters. The van der Waals surface area contributed by atoms with Gasteiger partial charge in [0, 0.05) is 6.20 Å². The minimum Gasteiger partial charge on any atom is -0.455 e. The Morgan fingerprint density at radius 1 is 1.58 bits per heavy atom. The first-order chi connectivity index (χ1) is 5.49. The molecule has 0 aromatic rings. The molecule has 0 spiro atoms. The number of carbonyl (C=O) groups is 1. The van der Waals surface area contributed by atoms with Gasteiger partial charge in [-0.15, -0.1) is 0 Å². The van der Waals surface area contributed by atoms with Crippen LogP contribution in [-0.4, -0.2) is 18.2 Å². The van der Waals surface area contributed by atoms with E-state index in [1.54, 1.807) is 6.20 Å². The first kappa shape index (κ1) is 8.90. The van der Waals surface area contributed by atoms with Gasteiger partial charge >= 0.3 is 5.97 Å². The third-order valence-corrected chi connectivity index (χ3v) is 1.25. The van der Waals surface area contributed by atoms with Gasteiger partial charge in [0.25, 0.3) is 0 Å².